The Morgan fingerprint density at radius 2 is 1.60 bits per heavy atom. The number of hydrogen-bond acceptors (Lipinski definition) is 5. The van der Waals surface area contributed by atoms with Gasteiger partial charge in [0.2, 0.25) is 0 Å². The van der Waals surface area contributed by atoms with E-state index in [0.717, 1.165) is 12.0 Å². The summed E-state index contributed by atoms with van der Waals surface area (Å²) in [5, 5.41) is 24.8. The standard InChI is InChI=1S/C24H26N2O4/c27-24(21-12-7-13-23(15-21)26(28)29)16-25-22(14-19-8-3-1-4-9-19)18-30-17-20-10-5-2-6-11-20/h1-13,15,22,24-25,27H,14,16-18H2/t22?,24-/m0/s1. The van der Waals surface area contributed by atoms with Crippen molar-refractivity contribution >= 4 is 5.69 Å². The van der Waals surface area contributed by atoms with Gasteiger partial charge in [0.25, 0.3) is 5.69 Å². The molecule has 30 heavy (non-hydrogen) atoms. The van der Waals surface area contributed by atoms with Gasteiger partial charge in [0.1, 0.15) is 0 Å². The Bertz CT molecular complexity index is 919. The quantitative estimate of drug-likeness (QED) is 0.371. The van der Waals surface area contributed by atoms with Crippen molar-refractivity contribution in [3.05, 3.63) is 112 Å². The van der Waals surface area contributed by atoms with Crippen LogP contribution in [-0.2, 0) is 17.8 Å². The van der Waals surface area contributed by atoms with Gasteiger partial charge in [0.15, 0.2) is 0 Å². The van der Waals surface area contributed by atoms with Gasteiger partial charge in [-0.2, -0.15) is 0 Å². The molecule has 6 heteroatoms. The van der Waals surface area contributed by atoms with Gasteiger partial charge in [-0.1, -0.05) is 72.8 Å². The van der Waals surface area contributed by atoms with Crippen molar-refractivity contribution in [2.45, 2.75) is 25.2 Å². The molecule has 1 unspecified atom stereocenters. The lowest BCUT2D eigenvalue weighted by Gasteiger charge is -2.21. The molecule has 0 bridgehead atoms. The van der Waals surface area contributed by atoms with Gasteiger partial charge >= 0.3 is 0 Å². The molecule has 3 aromatic rings. The van der Waals surface area contributed by atoms with Crippen molar-refractivity contribution in [1.29, 1.82) is 0 Å². The number of aliphatic hydroxyl groups excluding tert-OH is 1. The number of nitrogens with zero attached hydrogens (tertiary/aromatic N) is 1. The van der Waals surface area contributed by atoms with Crippen LogP contribution >= 0.6 is 0 Å². The summed E-state index contributed by atoms with van der Waals surface area (Å²) in [5.41, 5.74) is 2.76. The number of ether oxygens (including phenoxy) is 1. The number of nitro groups is 1. The Morgan fingerprint density at radius 3 is 2.27 bits per heavy atom. The minimum atomic E-state index is -0.850. The molecule has 0 heterocycles. The number of hydrogen-bond donors (Lipinski definition) is 2. The Labute approximate surface area is 176 Å². The summed E-state index contributed by atoms with van der Waals surface area (Å²) < 4.78 is 5.91. The second-order valence-electron chi connectivity index (χ2n) is 7.16. The van der Waals surface area contributed by atoms with Gasteiger partial charge in [0, 0.05) is 24.7 Å². The monoisotopic (exact) mass is 406 g/mol. The topological polar surface area (TPSA) is 84.6 Å². The number of rotatable bonds is 11. The zero-order valence-electron chi connectivity index (χ0n) is 16.7. The van der Waals surface area contributed by atoms with Crippen LogP contribution in [0.5, 0.6) is 0 Å². The first-order valence-corrected chi connectivity index (χ1v) is 9.93. The lowest BCUT2D eigenvalue weighted by atomic mass is 10.0. The molecule has 2 N–H and O–H groups in total. The molecule has 0 aromatic heterocycles. The van der Waals surface area contributed by atoms with E-state index in [1.54, 1.807) is 12.1 Å². The SMILES string of the molecule is O=[N+]([O-])c1cccc([C@@H](O)CNC(COCc2ccccc2)Cc2ccccc2)c1. The van der Waals surface area contributed by atoms with Gasteiger partial charge < -0.3 is 15.2 Å². The van der Waals surface area contributed by atoms with E-state index in [2.05, 4.69) is 17.4 Å². The minimum absolute atomic E-state index is 0.00976. The molecular formula is C24H26N2O4. The highest BCUT2D eigenvalue weighted by molar-refractivity contribution is 5.35. The van der Waals surface area contributed by atoms with Crippen molar-refractivity contribution in [3.8, 4) is 0 Å². The van der Waals surface area contributed by atoms with Gasteiger partial charge in [-0.15, -0.1) is 0 Å². The van der Waals surface area contributed by atoms with Crippen LogP contribution in [0, 0.1) is 10.1 Å². The molecule has 0 saturated carbocycles. The second kappa shape index (κ2) is 11.2. The van der Waals surface area contributed by atoms with Crippen molar-refractivity contribution in [2.24, 2.45) is 0 Å². The Hall–Kier alpha value is -3.06. The zero-order chi connectivity index (χ0) is 21.2. The van der Waals surface area contributed by atoms with Crippen LogP contribution in [0.15, 0.2) is 84.9 Å². The predicted octanol–water partition coefficient (Wildman–Crippen LogP) is 4.05. The summed E-state index contributed by atoms with van der Waals surface area (Å²) in [6.45, 7) is 1.26. The molecular weight excluding hydrogens is 380 g/mol. The maximum Gasteiger partial charge on any atom is 0.269 e. The summed E-state index contributed by atoms with van der Waals surface area (Å²) in [5.74, 6) is 0. The summed E-state index contributed by atoms with van der Waals surface area (Å²) in [6, 6.07) is 26.1. The molecule has 2 atom stereocenters. The molecule has 0 aliphatic carbocycles. The average Bonchev–Trinajstić information content (AvgIpc) is 2.78. The summed E-state index contributed by atoms with van der Waals surface area (Å²) in [7, 11) is 0. The maximum absolute atomic E-state index is 11.0. The van der Waals surface area contributed by atoms with Crippen molar-refractivity contribution in [2.75, 3.05) is 13.2 Å². The van der Waals surface area contributed by atoms with Crippen LogP contribution in [0.2, 0.25) is 0 Å². The fraction of sp³-hybridized carbons (Fsp3) is 0.250. The third kappa shape index (κ3) is 6.77. The van der Waals surface area contributed by atoms with Gasteiger partial charge in [-0.05, 0) is 23.1 Å². The molecule has 0 aliphatic heterocycles. The van der Waals surface area contributed by atoms with Crippen molar-refractivity contribution in [3.63, 3.8) is 0 Å². The van der Waals surface area contributed by atoms with Crippen LogP contribution in [0.3, 0.4) is 0 Å². The normalized spacial score (nSPS) is 13.0. The van der Waals surface area contributed by atoms with Crippen molar-refractivity contribution in [1.82, 2.24) is 5.32 Å². The fourth-order valence-electron chi connectivity index (χ4n) is 3.22. The molecule has 0 amide bonds. The average molecular weight is 406 g/mol. The zero-order valence-corrected chi connectivity index (χ0v) is 16.7. The number of nitrogens with one attached hydrogen (secondary N) is 1. The summed E-state index contributed by atoms with van der Waals surface area (Å²) >= 11 is 0. The maximum atomic E-state index is 11.0. The van der Waals surface area contributed by atoms with Crippen LogP contribution in [-0.4, -0.2) is 29.2 Å². The van der Waals surface area contributed by atoms with E-state index in [9.17, 15) is 15.2 Å². The van der Waals surface area contributed by atoms with E-state index in [1.165, 1.54) is 17.7 Å². The van der Waals surface area contributed by atoms with Crippen LogP contribution in [0.25, 0.3) is 0 Å². The lowest BCUT2D eigenvalue weighted by Crippen LogP contribution is -2.38. The third-order valence-electron chi connectivity index (χ3n) is 4.82. The minimum Gasteiger partial charge on any atom is -0.387 e. The largest absolute Gasteiger partial charge is 0.387 e. The highest BCUT2D eigenvalue weighted by Gasteiger charge is 2.16. The molecule has 0 spiro atoms. The Kier molecular flexibility index (Phi) is 8.09. The Balaban J connectivity index is 1.59. The van der Waals surface area contributed by atoms with Gasteiger partial charge in [0.05, 0.1) is 24.2 Å². The molecule has 6 nitrogen and oxygen atoms in total. The first kappa shape index (κ1) is 21.6. The first-order valence-electron chi connectivity index (χ1n) is 9.93. The highest BCUT2D eigenvalue weighted by atomic mass is 16.6. The van der Waals surface area contributed by atoms with Gasteiger partial charge in [-0.25, -0.2) is 0 Å². The van der Waals surface area contributed by atoms with Crippen LogP contribution < -0.4 is 5.32 Å². The van der Waals surface area contributed by atoms with Crippen LogP contribution in [0.1, 0.15) is 22.8 Å². The molecule has 3 rings (SSSR count). The molecule has 3 aromatic carbocycles. The predicted molar refractivity (Wildman–Crippen MR) is 116 cm³/mol. The molecule has 156 valence electrons. The first-order chi connectivity index (χ1) is 14.6. The van der Waals surface area contributed by atoms with E-state index in [4.69, 9.17) is 4.74 Å². The molecule has 0 aliphatic rings. The highest BCUT2D eigenvalue weighted by Crippen LogP contribution is 2.19. The van der Waals surface area contributed by atoms with Crippen LogP contribution in [0.4, 0.5) is 5.69 Å². The van der Waals surface area contributed by atoms with E-state index in [1.807, 2.05) is 48.5 Å². The number of aliphatic hydroxyl groups is 1. The lowest BCUT2D eigenvalue weighted by molar-refractivity contribution is -0.385. The smallest absolute Gasteiger partial charge is 0.269 e. The fourth-order valence-corrected chi connectivity index (χ4v) is 3.22. The second-order valence-corrected chi connectivity index (χ2v) is 7.16. The van der Waals surface area contributed by atoms with E-state index >= 15 is 0 Å². The molecule has 0 fully saturated rings. The third-order valence-corrected chi connectivity index (χ3v) is 4.82. The summed E-state index contributed by atoms with van der Waals surface area (Å²) in [6.07, 6.45) is -0.102. The summed E-state index contributed by atoms with van der Waals surface area (Å²) in [4.78, 5) is 10.5. The number of non-ortho nitro benzene ring substituents is 1. The molecule has 0 saturated heterocycles. The van der Waals surface area contributed by atoms with E-state index in [-0.39, 0.29) is 18.3 Å². The van der Waals surface area contributed by atoms with Crippen molar-refractivity contribution < 1.29 is 14.8 Å². The number of nitro benzene ring substituents is 1. The van der Waals surface area contributed by atoms with E-state index in [0.29, 0.717) is 18.8 Å². The van der Waals surface area contributed by atoms with Gasteiger partial charge in [-0.3, -0.25) is 10.1 Å². The number of benzene rings is 3. The van der Waals surface area contributed by atoms with E-state index < -0.39 is 11.0 Å². The Morgan fingerprint density at radius 1 is 0.933 bits per heavy atom. The molecule has 0 radical (unpaired) electrons.